The number of carbonyl (C=O) groups excluding carboxylic acids is 1. The second-order valence-electron chi connectivity index (χ2n) is 12.3. The Bertz CT molecular complexity index is 2640. The van der Waals surface area contributed by atoms with E-state index in [4.69, 9.17) is 23.2 Å². The molecule has 0 fully saturated rings. The van der Waals surface area contributed by atoms with E-state index in [2.05, 4.69) is 19.9 Å². The van der Waals surface area contributed by atoms with Gasteiger partial charge in [-0.15, -0.1) is 0 Å². The number of nitrogens with zero attached hydrogens (tertiary/aromatic N) is 5. The fourth-order valence-corrected chi connectivity index (χ4v) is 8.60. The molecule has 6 rings (SSSR count). The summed E-state index contributed by atoms with van der Waals surface area (Å²) in [6.07, 6.45) is -4.96. The predicted octanol–water partition coefficient (Wildman–Crippen LogP) is 8.79. The van der Waals surface area contributed by atoms with E-state index >= 15 is 0 Å². The van der Waals surface area contributed by atoms with Crippen LogP contribution in [0.5, 0.6) is 0 Å². The summed E-state index contributed by atoms with van der Waals surface area (Å²) in [6, 6.07) is 4.62. The van der Waals surface area contributed by atoms with Gasteiger partial charge in [0.1, 0.15) is 11.2 Å². The van der Waals surface area contributed by atoms with Crippen LogP contribution in [0.25, 0.3) is 33.0 Å². The van der Waals surface area contributed by atoms with Crippen molar-refractivity contribution in [2.24, 2.45) is 0 Å². The molecular weight excluding hydrogens is 819 g/mol. The first kappa shape index (κ1) is 41.8. The van der Waals surface area contributed by atoms with E-state index in [0.29, 0.717) is 28.5 Å². The number of hydrogen-bond donors (Lipinski definition) is 0. The Morgan fingerprint density at radius 3 is 1.71 bits per heavy atom. The molecular formula is C35H29Cl2F6N5O5S2. The van der Waals surface area contributed by atoms with Crippen molar-refractivity contribution < 1.29 is 48.0 Å². The van der Waals surface area contributed by atoms with Crippen LogP contribution in [0.15, 0.2) is 58.8 Å². The zero-order valence-electron chi connectivity index (χ0n) is 29.4. The highest BCUT2D eigenvalue weighted by Gasteiger charge is 2.36. The van der Waals surface area contributed by atoms with Gasteiger partial charge in [-0.2, -0.15) is 26.3 Å². The van der Waals surface area contributed by atoms with Crippen molar-refractivity contribution in [2.75, 3.05) is 11.5 Å². The number of aromatic nitrogens is 5. The largest absolute Gasteiger partial charge is 0.417 e. The molecule has 0 radical (unpaired) electrons. The van der Waals surface area contributed by atoms with Gasteiger partial charge in [-0.25, -0.2) is 16.8 Å². The van der Waals surface area contributed by atoms with Gasteiger partial charge in [0.05, 0.1) is 65.1 Å². The summed E-state index contributed by atoms with van der Waals surface area (Å²) in [5.41, 5.74) is -0.176. The highest BCUT2D eigenvalue weighted by Crippen LogP contribution is 2.43. The second kappa shape index (κ2) is 14.9. The maximum Gasteiger partial charge on any atom is 0.417 e. The standard InChI is InChI=1S/C18H15ClF3N3O3S.C17H14ClF3N2O2S/c1-4-29(27,28)13-5-9(2)7-23-16(13)17-14(19)15-12(25(17)10(3)26)6-11(8-24-15)18(20,21)22;1-3-26(24,25)13-4-9(2)7-22-16(13)12-6-10-5-11(17(19,20)21)8-23-15(10)14(12)18/h5-8H,4H2,1-3H3;4-5,7-8H,3,6H2,1-2H3. The number of hydrogen-bond acceptors (Lipinski definition) is 9. The van der Waals surface area contributed by atoms with Crippen molar-refractivity contribution >= 4 is 70.4 Å². The van der Waals surface area contributed by atoms with E-state index in [1.807, 2.05) is 0 Å². The molecule has 0 spiro atoms. The molecule has 1 aliphatic carbocycles. The van der Waals surface area contributed by atoms with Gasteiger partial charge in [0.2, 0.25) is 5.91 Å². The Morgan fingerprint density at radius 2 is 1.20 bits per heavy atom. The van der Waals surface area contributed by atoms with E-state index in [1.54, 1.807) is 13.8 Å². The van der Waals surface area contributed by atoms with Crippen LogP contribution in [0.3, 0.4) is 0 Å². The van der Waals surface area contributed by atoms with E-state index in [1.165, 1.54) is 38.4 Å². The van der Waals surface area contributed by atoms with Gasteiger partial charge in [-0.1, -0.05) is 37.0 Å². The lowest BCUT2D eigenvalue weighted by Gasteiger charge is -2.12. The second-order valence-corrected chi connectivity index (χ2v) is 17.6. The molecule has 0 saturated heterocycles. The van der Waals surface area contributed by atoms with Crippen molar-refractivity contribution in [1.82, 2.24) is 24.5 Å². The van der Waals surface area contributed by atoms with Gasteiger partial charge in [0, 0.05) is 43.7 Å². The minimum absolute atomic E-state index is 0.0250. The molecule has 10 nitrogen and oxygen atoms in total. The molecule has 0 N–H and O–H groups in total. The summed E-state index contributed by atoms with van der Waals surface area (Å²) in [5, 5.41) is -0.0366. The average molecular weight is 849 g/mol. The summed E-state index contributed by atoms with van der Waals surface area (Å²) in [4.78, 5) is 28.1. The molecule has 5 heterocycles. The van der Waals surface area contributed by atoms with Crippen LogP contribution in [0.2, 0.25) is 5.02 Å². The minimum atomic E-state index is -4.68. The summed E-state index contributed by atoms with van der Waals surface area (Å²) in [6.45, 7) is 7.44. The molecule has 55 heavy (non-hydrogen) atoms. The number of aryl methyl sites for hydroxylation is 2. The van der Waals surface area contributed by atoms with Gasteiger partial charge in [-0.3, -0.25) is 29.3 Å². The lowest BCUT2D eigenvalue weighted by Crippen LogP contribution is -2.13. The minimum Gasteiger partial charge on any atom is -0.275 e. The van der Waals surface area contributed by atoms with Gasteiger partial charge in [0.25, 0.3) is 0 Å². The lowest BCUT2D eigenvalue weighted by atomic mass is 10.1. The molecule has 5 aromatic heterocycles. The molecule has 1 aliphatic rings. The number of allylic oxidation sites excluding steroid dienone is 1. The molecule has 20 heteroatoms. The first-order chi connectivity index (χ1) is 25.4. The Balaban J connectivity index is 0.000000212. The van der Waals surface area contributed by atoms with Gasteiger partial charge < -0.3 is 0 Å². The third kappa shape index (κ3) is 8.13. The average Bonchev–Trinajstić information content (AvgIpc) is 3.60. The lowest BCUT2D eigenvalue weighted by molar-refractivity contribution is -0.138. The first-order valence-corrected chi connectivity index (χ1v) is 20.1. The number of sulfone groups is 2. The molecule has 0 amide bonds. The molecule has 0 bridgehead atoms. The Hall–Kier alpha value is -4.39. The first-order valence-electron chi connectivity index (χ1n) is 16.1. The van der Waals surface area contributed by atoms with Crippen molar-refractivity contribution in [3.63, 3.8) is 0 Å². The van der Waals surface area contributed by atoms with Crippen molar-refractivity contribution in [2.45, 2.75) is 63.2 Å². The molecule has 0 aliphatic heterocycles. The molecule has 0 atom stereocenters. The summed E-state index contributed by atoms with van der Waals surface area (Å²) in [7, 11) is -7.36. The Kier molecular flexibility index (Phi) is 11.3. The summed E-state index contributed by atoms with van der Waals surface area (Å²) < 4.78 is 129. The molecule has 0 unspecified atom stereocenters. The Morgan fingerprint density at radius 1 is 0.727 bits per heavy atom. The number of rotatable bonds is 6. The van der Waals surface area contributed by atoms with E-state index < -0.39 is 49.1 Å². The fraction of sp³-hybridized carbons (Fsp3) is 0.286. The van der Waals surface area contributed by atoms with Crippen LogP contribution >= 0.6 is 23.2 Å². The van der Waals surface area contributed by atoms with Crippen LogP contribution in [-0.2, 0) is 38.4 Å². The predicted molar refractivity (Wildman–Crippen MR) is 194 cm³/mol. The van der Waals surface area contributed by atoms with Gasteiger partial charge in [-0.05, 0) is 54.8 Å². The van der Waals surface area contributed by atoms with Crippen LogP contribution in [0.4, 0.5) is 26.3 Å². The zero-order chi connectivity index (χ0) is 41.0. The SMILES string of the molecule is CCS(=O)(=O)c1cc(C)cnc1-c1c(Cl)c2ncc(C(F)(F)F)cc2n1C(C)=O.CCS(=O)(=O)c1cc(C)cnc1C1=C(Cl)c2ncc(C(F)(F)F)cc2C1. The Labute approximate surface area is 321 Å². The van der Waals surface area contributed by atoms with Crippen molar-refractivity contribution in [3.05, 3.63) is 93.3 Å². The number of fused-ring (bicyclic) bond motifs is 2. The van der Waals surface area contributed by atoms with Crippen molar-refractivity contribution in [3.8, 4) is 11.4 Å². The monoisotopic (exact) mass is 847 g/mol. The number of pyridine rings is 4. The maximum atomic E-state index is 13.1. The number of halogens is 8. The highest BCUT2D eigenvalue weighted by atomic mass is 35.5. The third-order valence-electron chi connectivity index (χ3n) is 8.44. The molecule has 0 saturated carbocycles. The molecule has 0 aromatic carbocycles. The quantitative estimate of drug-likeness (QED) is 0.153. The zero-order valence-corrected chi connectivity index (χ0v) is 32.5. The van der Waals surface area contributed by atoms with Gasteiger partial charge in [0.15, 0.2) is 19.7 Å². The summed E-state index contributed by atoms with van der Waals surface area (Å²) in [5.74, 6) is -1.03. The smallest absolute Gasteiger partial charge is 0.275 e. The van der Waals surface area contributed by atoms with E-state index in [9.17, 15) is 48.0 Å². The van der Waals surface area contributed by atoms with Crippen molar-refractivity contribution in [1.29, 1.82) is 0 Å². The summed E-state index contributed by atoms with van der Waals surface area (Å²) >= 11 is 12.7. The normalized spacial score (nSPS) is 13.5. The maximum absolute atomic E-state index is 13.1. The van der Waals surface area contributed by atoms with Crippen LogP contribution < -0.4 is 0 Å². The fourth-order valence-electron chi connectivity index (χ4n) is 5.69. The van der Waals surface area contributed by atoms with Crippen LogP contribution in [-0.4, -0.2) is 58.8 Å². The highest BCUT2D eigenvalue weighted by molar-refractivity contribution is 7.91. The number of carbonyl (C=O) groups is 1. The van der Waals surface area contributed by atoms with Crippen LogP contribution in [0.1, 0.15) is 64.8 Å². The number of alkyl halides is 6. The van der Waals surface area contributed by atoms with E-state index in [0.717, 1.165) is 29.8 Å². The van der Waals surface area contributed by atoms with E-state index in [-0.39, 0.29) is 71.6 Å². The topological polar surface area (TPSA) is 142 Å². The molecule has 5 aromatic rings. The van der Waals surface area contributed by atoms with Gasteiger partial charge >= 0.3 is 12.4 Å². The third-order valence-corrected chi connectivity index (χ3v) is 12.7. The molecule has 292 valence electrons. The van der Waals surface area contributed by atoms with Crippen LogP contribution in [0, 0.1) is 13.8 Å².